The van der Waals surface area contributed by atoms with Crippen molar-refractivity contribution in [2.24, 2.45) is 7.05 Å². The van der Waals surface area contributed by atoms with E-state index in [0.717, 1.165) is 29.1 Å². The minimum Gasteiger partial charge on any atom is -0.387 e. The molecule has 114 valence electrons. The maximum atomic E-state index is 13.5. The number of rotatable bonds is 5. The number of hydrogen-bond acceptors (Lipinski definition) is 3. The van der Waals surface area contributed by atoms with Crippen LogP contribution in [0.2, 0.25) is 0 Å². The molecule has 2 aromatic rings. The van der Waals surface area contributed by atoms with Gasteiger partial charge < -0.3 is 10.4 Å². The van der Waals surface area contributed by atoms with Crippen molar-refractivity contribution in [2.75, 3.05) is 6.54 Å². The van der Waals surface area contributed by atoms with Crippen LogP contribution in [-0.2, 0) is 13.6 Å². The van der Waals surface area contributed by atoms with Gasteiger partial charge in [-0.05, 0) is 26.0 Å². The zero-order chi connectivity index (χ0) is 15.6. The van der Waals surface area contributed by atoms with Crippen LogP contribution in [-0.4, -0.2) is 21.4 Å². The monoisotopic (exact) mass is 295 g/mol. The van der Waals surface area contributed by atoms with Crippen LogP contribution in [0.3, 0.4) is 0 Å². The molecule has 1 atom stereocenters. The summed E-state index contributed by atoms with van der Waals surface area (Å²) in [5, 5.41) is 17.2. The molecule has 0 aliphatic carbocycles. The SMILES string of the molecule is Cc1nn(C)c(C)c1CNCC(O)c1c(F)cccc1F. The highest BCUT2D eigenvalue weighted by molar-refractivity contribution is 5.25. The van der Waals surface area contributed by atoms with Crippen molar-refractivity contribution < 1.29 is 13.9 Å². The summed E-state index contributed by atoms with van der Waals surface area (Å²) < 4.78 is 28.9. The summed E-state index contributed by atoms with van der Waals surface area (Å²) in [4.78, 5) is 0. The molecule has 1 aromatic heterocycles. The second-order valence-electron chi connectivity index (χ2n) is 5.06. The molecule has 0 amide bonds. The third-order valence-electron chi connectivity index (χ3n) is 3.63. The molecule has 0 bridgehead atoms. The Morgan fingerprint density at radius 1 is 1.29 bits per heavy atom. The van der Waals surface area contributed by atoms with Gasteiger partial charge in [0.05, 0.1) is 17.4 Å². The van der Waals surface area contributed by atoms with E-state index in [0.29, 0.717) is 6.54 Å². The largest absolute Gasteiger partial charge is 0.387 e. The Morgan fingerprint density at radius 2 is 1.90 bits per heavy atom. The molecule has 0 aliphatic heterocycles. The Bertz CT molecular complexity index is 620. The Hall–Kier alpha value is -1.79. The number of hydrogen-bond donors (Lipinski definition) is 2. The second-order valence-corrected chi connectivity index (χ2v) is 5.06. The lowest BCUT2D eigenvalue weighted by molar-refractivity contribution is 0.164. The molecule has 0 saturated heterocycles. The van der Waals surface area contributed by atoms with E-state index in [4.69, 9.17) is 0 Å². The fourth-order valence-electron chi connectivity index (χ4n) is 2.34. The summed E-state index contributed by atoms with van der Waals surface area (Å²) in [5.74, 6) is -1.48. The minimum atomic E-state index is -1.23. The van der Waals surface area contributed by atoms with Gasteiger partial charge in [0.15, 0.2) is 0 Å². The van der Waals surface area contributed by atoms with Crippen molar-refractivity contribution in [3.63, 3.8) is 0 Å². The second kappa shape index (κ2) is 6.32. The van der Waals surface area contributed by atoms with Crippen LogP contribution < -0.4 is 5.32 Å². The number of aliphatic hydroxyl groups excluding tert-OH is 1. The molecule has 0 aliphatic rings. The summed E-state index contributed by atoms with van der Waals surface area (Å²) in [6.45, 7) is 4.39. The maximum absolute atomic E-state index is 13.5. The Kier molecular flexibility index (Phi) is 4.69. The number of benzene rings is 1. The van der Waals surface area contributed by atoms with Crippen molar-refractivity contribution in [3.8, 4) is 0 Å². The van der Waals surface area contributed by atoms with Crippen LogP contribution in [0.1, 0.15) is 28.6 Å². The first-order valence-corrected chi connectivity index (χ1v) is 6.73. The summed E-state index contributed by atoms with van der Waals surface area (Å²) in [7, 11) is 1.86. The van der Waals surface area contributed by atoms with Crippen LogP contribution in [0.4, 0.5) is 8.78 Å². The Balaban J connectivity index is 2.00. The topological polar surface area (TPSA) is 50.1 Å². The number of nitrogens with one attached hydrogen (secondary N) is 1. The van der Waals surface area contributed by atoms with Crippen molar-refractivity contribution in [1.82, 2.24) is 15.1 Å². The lowest BCUT2D eigenvalue weighted by Gasteiger charge is -2.14. The van der Waals surface area contributed by atoms with E-state index in [1.54, 1.807) is 4.68 Å². The first-order valence-electron chi connectivity index (χ1n) is 6.73. The standard InChI is InChI=1S/C15H19F2N3O/c1-9-11(10(2)20(3)19-9)7-18-8-14(21)15-12(16)5-4-6-13(15)17/h4-6,14,18,21H,7-8H2,1-3H3. The normalized spacial score (nSPS) is 12.7. The third kappa shape index (κ3) is 3.28. The smallest absolute Gasteiger partial charge is 0.131 e. The molecule has 1 unspecified atom stereocenters. The molecular weight excluding hydrogens is 276 g/mol. The lowest BCUT2D eigenvalue weighted by Crippen LogP contribution is -2.23. The van der Waals surface area contributed by atoms with Gasteiger partial charge in [-0.2, -0.15) is 5.10 Å². The van der Waals surface area contributed by atoms with E-state index in [1.807, 2.05) is 20.9 Å². The van der Waals surface area contributed by atoms with E-state index in [9.17, 15) is 13.9 Å². The van der Waals surface area contributed by atoms with Gasteiger partial charge in [-0.25, -0.2) is 8.78 Å². The third-order valence-corrected chi connectivity index (χ3v) is 3.63. The van der Waals surface area contributed by atoms with E-state index in [-0.39, 0.29) is 12.1 Å². The average Bonchev–Trinajstić information content (AvgIpc) is 2.65. The fourth-order valence-corrected chi connectivity index (χ4v) is 2.34. The molecule has 0 spiro atoms. The van der Waals surface area contributed by atoms with E-state index in [1.165, 1.54) is 6.07 Å². The predicted octanol–water partition coefficient (Wildman–Crippen LogP) is 2.14. The molecule has 2 N–H and O–H groups in total. The van der Waals surface area contributed by atoms with E-state index >= 15 is 0 Å². The number of nitrogens with zero attached hydrogens (tertiary/aromatic N) is 2. The van der Waals surface area contributed by atoms with Crippen molar-refractivity contribution in [2.45, 2.75) is 26.5 Å². The van der Waals surface area contributed by atoms with Gasteiger partial charge in [0.1, 0.15) is 11.6 Å². The van der Waals surface area contributed by atoms with Crippen LogP contribution in [0.25, 0.3) is 0 Å². The summed E-state index contributed by atoms with van der Waals surface area (Å²) in [6.07, 6.45) is -1.23. The van der Waals surface area contributed by atoms with Crippen molar-refractivity contribution in [3.05, 3.63) is 52.3 Å². The average molecular weight is 295 g/mol. The van der Waals surface area contributed by atoms with Crippen LogP contribution in [0.15, 0.2) is 18.2 Å². The van der Waals surface area contributed by atoms with Crippen molar-refractivity contribution in [1.29, 1.82) is 0 Å². The highest BCUT2D eigenvalue weighted by atomic mass is 19.1. The summed E-state index contributed by atoms with van der Waals surface area (Å²) >= 11 is 0. The molecule has 0 fully saturated rings. The Labute approximate surface area is 122 Å². The zero-order valence-electron chi connectivity index (χ0n) is 12.3. The molecule has 1 heterocycles. The highest BCUT2D eigenvalue weighted by Gasteiger charge is 2.17. The van der Waals surface area contributed by atoms with E-state index in [2.05, 4.69) is 10.4 Å². The van der Waals surface area contributed by atoms with Crippen LogP contribution in [0, 0.1) is 25.5 Å². The van der Waals surface area contributed by atoms with Crippen LogP contribution in [0.5, 0.6) is 0 Å². The first kappa shape index (κ1) is 15.6. The number of aromatic nitrogens is 2. The fraction of sp³-hybridized carbons (Fsp3) is 0.400. The molecule has 0 radical (unpaired) electrons. The number of aliphatic hydroxyl groups is 1. The molecule has 21 heavy (non-hydrogen) atoms. The molecular formula is C15H19F2N3O. The highest BCUT2D eigenvalue weighted by Crippen LogP contribution is 2.20. The predicted molar refractivity (Wildman–Crippen MR) is 75.7 cm³/mol. The molecule has 2 rings (SSSR count). The van der Waals surface area contributed by atoms with Gasteiger partial charge in [-0.1, -0.05) is 6.07 Å². The van der Waals surface area contributed by atoms with Gasteiger partial charge in [0.25, 0.3) is 0 Å². The van der Waals surface area contributed by atoms with Gasteiger partial charge in [-0.15, -0.1) is 0 Å². The summed E-state index contributed by atoms with van der Waals surface area (Å²) in [6, 6.07) is 3.55. The molecule has 6 heteroatoms. The maximum Gasteiger partial charge on any atom is 0.131 e. The molecule has 0 saturated carbocycles. The number of aryl methyl sites for hydroxylation is 2. The van der Waals surface area contributed by atoms with Gasteiger partial charge in [-0.3, -0.25) is 4.68 Å². The Morgan fingerprint density at radius 3 is 2.43 bits per heavy atom. The summed E-state index contributed by atoms with van der Waals surface area (Å²) in [5.41, 5.74) is 2.64. The first-order chi connectivity index (χ1) is 9.91. The lowest BCUT2D eigenvalue weighted by atomic mass is 10.1. The molecule has 1 aromatic carbocycles. The van der Waals surface area contributed by atoms with Gasteiger partial charge in [0.2, 0.25) is 0 Å². The molecule has 4 nitrogen and oxygen atoms in total. The van der Waals surface area contributed by atoms with Gasteiger partial charge >= 0.3 is 0 Å². The van der Waals surface area contributed by atoms with Crippen LogP contribution >= 0.6 is 0 Å². The minimum absolute atomic E-state index is 0.0611. The quantitative estimate of drug-likeness (QED) is 0.888. The van der Waals surface area contributed by atoms with E-state index < -0.39 is 17.7 Å². The van der Waals surface area contributed by atoms with Crippen molar-refractivity contribution >= 4 is 0 Å². The zero-order valence-corrected chi connectivity index (χ0v) is 12.3. The van der Waals surface area contributed by atoms with Gasteiger partial charge in [0, 0.05) is 31.4 Å². The number of halogens is 2.